The Hall–Kier alpha value is -1.22. The minimum absolute atomic E-state index is 0.552. The molecule has 1 rings (SSSR count). The van der Waals surface area contributed by atoms with Gasteiger partial charge in [0.15, 0.2) is 11.5 Å². The van der Waals surface area contributed by atoms with Crippen molar-refractivity contribution < 1.29 is 14.2 Å². The van der Waals surface area contributed by atoms with Gasteiger partial charge in [0, 0.05) is 12.2 Å². The summed E-state index contributed by atoms with van der Waals surface area (Å²) in [4.78, 5) is 0. The highest BCUT2D eigenvalue weighted by molar-refractivity contribution is 5.46. The zero-order valence-electron chi connectivity index (χ0n) is 8.87. The van der Waals surface area contributed by atoms with Crippen molar-refractivity contribution in [3.63, 3.8) is 0 Å². The monoisotopic (exact) mass is 196 g/mol. The summed E-state index contributed by atoms with van der Waals surface area (Å²) in [6.45, 7) is 3.21. The van der Waals surface area contributed by atoms with Crippen molar-refractivity contribution in [3.05, 3.63) is 23.8 Å². The van der Waals surface area contributed by atoms with E-state index in [9.17, 15) is 0 Å². The summed E-state index contributed by atoms with van der Waals surface area (Å²) in [7, 11) is 3.26. The third-order valence-corrected chi connectivity index (χ3v) is 1.95. The van der Waals surface area contributed by atoms with E-state index >= 15 is 0 Å². The van der Waals surface area contributed by atoms with Gasteiger partial charge in [0.05, 0.1) is 20.8 Å². The first-order chi connectivity index (χ1) is 6.83. The van der Waals surface area contributed by atoms with E-state index in [0.29, 0.717) is 13.2 Å². The quantitative estimate of drug-likeness (QED) is 0.722. The standard InChI is InChI=1S/C11H16O3/c1-4-14-8-9-6-5-7-10(12-2)11(9)13-3/h5-7H,4,8H2,1-3H3. The van der Waals surface area contributed by atoms with E-state index in [1.54, 1.807) is 14.2 Å². The first-order valence-corrected chi connectivity index (χ1v) is 4.61. The van der Waals surface area contributed by atoms with E-state index in [1.807, 2.05) is 25.1 Å². The molecule has 0 aromatic heterocycles. The molecule has 1 aromatic rings. The van der Waals surface area contributed by atoms with Gasteiger partial charge in [-0.15, -0.1) is 0 Å². The number of hydrogen-bond acceptors (Lipinski definition) is 3. The summed E-state index contributed by atoms with van der Waals surface area (Å²) >= 11 is 0. The lowest BCUT2D eigenvalue weighted by atomic mass is 10.2. The molecule has 78 valence electrons. The maximum atomic E-state index is 5.33. The molecule has 0 aliphatic rings. The Labute approximate surface area is 84.6 Å². The first-order valence-electron chi connectivity index (χ1n) is 4.61. The fraction of sp³-hybridized carbons (Fsp3) is 0.455. The van der Waals surface area contributed by atoms with Gasteiger partial charge < -0.3 is 14.2 Å². The van der Waals surface area contributed by atoms with Crippen molar-refractivity contribution in [3.8, 4) is 11.5 Å². The van der Waals surface area contributed by atoms with Crippen LogP contribution in [0.15, 0.2) is 18.2 Å². The molecule has 0 atom stereocenters. The third kappa shape index (κ3) is 2.39. The van der Waals surface area contributed by atoms with Crippen molar-refractivity contribution in [2.24, 2.45) is 0 Å². The van der Waals surface area contributed by atoms with Gasteiger partial charge in [-0.2, -0.15) is 0 Å². The van der Waals surface area contributed by atoms with Crippen LogP contribution in [0.3, 0.4) is 0 Å². The minimum atomic E-state index is 0.552. The summed E-state index contributed by atoms with van der Waals surface area (Å²) in [6, 6.07) is 5.76. The molecule has 0 spiro atoms. The molecule has 0 aliphatic heterocycles. The molecule has 0 unspecified atom stereocenters. The lowest BCUT2D eigenvalue weighted by molar-refractivity contribution is 0.131. The SMILES string of the molecule is CCOCc1cccc(OC)c1OC. The van der Waals surface area contributed by atoms with Crippen LogP contribution in [-0.2, 0) is 11.3 Å². The molecule has 0 bridgehead atoms. The maximum absolute atomic E-state index is 5.33. The number of ether oxygens (including phenoxy) is 3. The number of para-hydroxylation sites is 1. The van der Waals surface area contributed by atoms with Gasteiger partial charge >= 0.3 is 0 Å². The molecule has 0 N–H and O–H groups in total. The van der Waals surface area contributed by atoms with Gasteiger partial charge in [-0.25, -0.2) is 0 Å². The fourth-order valence-corrected chi connectivity index (χ4v) is 1.28. The van der Waals surface area contributed by atoms with Crippen molar-refractivity contribution in [2.75, 3.05) is 20.8 Å². The predicted molar refractivity (Wildman–Crippen MR) is 54.9 cm³/mol. The van der Waals surface area contributed by atoms with Crippen LogP contribution >= 0.6 is 0 Å². The lowest BCUT2D eigenvalue weighted by Gasteiger charge is -2.12. The Balaban J connectivity index is 2.90. The molecule has 14 heavy (non-hydrogen) atoms. The molecule has 0 radical (unpaired) electrons. The van der Waals surface area contributed by atoms with E-state index in [4.69, 9.17) is 14.2 Å². The summed E-state index contributed by atoms with van der Waals surface area (Å²) in [5.74, 6) is 1.49. The first kappa shape index (κ1) is 10.9. The zero-order valence-corrected chi connectivity index (χ0v) is 8.87. The minimum Gasteiger partial charge on any atom is -0.493 e. The molecular formula is C11H16O3. The molecule has 3 nitrogen and oxygen atoms in total. The van der Waals surface area contributed by atoms with Gasteiger partial charge in [-0.1, -0.05) is 12.1 Å². The summed E-state index contributed by atoms with van der Waals surface area (Å²) < 4.78 is 15.8. The van der Waals surface area contributed by atoms with Gasteiger partial charge in [-0.3, -0.25) is 0 Å². The van der Waals surface area contributed by atoms with Gasteiger partial charge in [0.25, 0.3) is 0 Å². The highest BCUT2D eigenvalue weighted by Gasteiger charge is 2.08. The van der Waals surface area contributed by atoms with Crippen LogP contribution in [0.5, 0.6) is 11.5 Å². The Morgan fingerprint density at radius 3 is 2.50 bits per heavy atom. The van der Waals surface area contributed by atoms with E-state index < -0.39 is 0 Å². The lowest BCUT2D eigenvalue weighted by Crippen LogP contribution is -1.98. The molecule has 0 aliphatic carbocycles. The van der Waals surface area contributed by atoms with Crippen molar-refractivity contribution in [1.29, 1.82) is 0 Å². The van der Waals surface area contributed by atoms with Crippen LogP contribution in [0.2, 0.25) is 0 Å². The van der Waals surface area contributed by atoms with Crippen molar-refractivity contribution >= 4 is 0 Å². The molecule has 0 saturated carbocycles. The maximum Gasteiger partial charge on any atom is 0.166 e. The average Bonchev–Trinajstić information content (AvgIpc) is 2.25. The highest BCUT2D eigenvalue weighted by Crippen LogP contribution is 2.30. The fourth-order valence-electron chi connectivity index (χ4n) is 1.28. The molecule has 1 aromatic carbocycles. The Kier molecular flexibility index (Phi) is 4.26. The van der Waals surface area contributed by atoms with E-state index in [0.717, 1.165) is 17.1 Å². The molecule has 0 heterocycles. The van der Waals surface area contributed by atoms with Gasteiger partial charge in [0.1, 0.15) is 0 Å². The Morgan fingerprint density at radius 1 is 1.14 bits per heavy atom. The summed E-state index contributed by atoms with van der Waals surface area (Å²) in [5, 5.41) is 0. The molecule has 0 saturated heterocycles. The topological polar surface area (TPSA) is 27.7 Å². The number of benzene rings is 1. The van der Waals surface area contributed by atoms with Gasteiger partial charge in [0.2, 0.25) is 0 Å². The van der Waals surface area contributed by atoms with Crippen molar-refractivity contribution in [2.45, 2.75) is 13.5 Å². The Morgan fingerprint density at radius 2 is 1.93 bits per heavy atom. The van der Waals surface area contributed by atoms with Crippen LogP contribution in [0, 0.1) is 0 Å². The largest absolute Gasteiger partial charge is 0.493 e. The van der Waals surface area contributed by atoms with Crippen LogP contribution in [0.25, 0.3) is 0 Å². The molecule has 3 heteroatoms. The van der Waals surface area contributed by atoms with E-state index in [1.165, 1.54) is 0 Å². The summed E-state index contributed by atoms with van der Waals surface area (Å²) in [5.41, 5.74) is 1.01. The summed E-state index contributed by atoms with van der Waals surface area (Å²) in [6.07, 6.45) is 0. The Bertz CT molecular complexity index is 284. The number of methoxy groups -OCH3 is 2. The molecule has 0 fully saturated rings. The van der Waals surface area contributed by atoms with E-state index in [2.05, 4.69) is 0 Å². The van der Waals surface area contributed by atoms with Crippen LogP contribution in [0.4, 0.5) is 0 Å². The second-order valence-corrected chi connectivity index (χ2v) is 2.79. The third-order valence-electron chi connectivity index (χ3n) is 1.95. The smallest absolute Gasteiger partial charge is 0.166 e. The molecular weight excluding hydrogens is 180 g/mol. The number of rotatable bonds is 5. The van der Waals surface area contributed by atoms with Crippen LogP contribution in [0.1, 0.15) is 12.5 Å². The van der Waals surface area contributed by atoms with Crippen molar-refractivity contribution in [1.82, 2.24) is 0 Å². The van der Waals surface area contributed by atoms with Gasteiger partial charge in [-0.05, 0) is 13.0 Å². The predicted octanol–water partition coefficient (Wildman–Crippen LogP) is 2.24. The second-order valence-electron chi connectivity index (χ2n) is 2.79. The van der Waals surface area contributed by atoms with E-state index in [-0.39, 0.29) is 0 Å². The average molecular weight is 196 g/mol. The normalized spacial score (nSPS) is 9.93. The zero-order chi connectivity index (χ0) is 10.4. The number of hydrogen-bond donors (Lipinski definition) is 0. The van der Waals surface area contributed by atoms with Crippen LogP contribution < -0.4 is 9.47 Å². The second kappa shape index (κ2) is 5.50. The highest BCUT2D eigenvalue weighted by atomic mass is 16.5. The van der Waals surface area contributed by atoms with Crippen LogP contribution in [-0.4, -0.2) is 20.8 Å². The molecule has 0 amide bonds.